The highest BCUT2D eigenvalue weighted by molar-refractivity contribution is 6.07. The molecule has 0 bridgehead atoms. The van der Waals surface area contributed by atoms with Crippen LogP contribution < -0.4 is 20.7 Å². The van der Waals surface area contributed by atoms with Crippen LogP contribution in [0.3, 0.4) is 0 Å². The fraction of sp³-hybridized carbons (Fsp3) is 0.333. The number of rotatable bonds is 7. The lowest BCUT2D eigenvalue weighted by Gasteiger charge is -2.38. The SMILES string of the molecule is Cc1noc(C)c1NC(=O)N(C)C[C@H]1Oc2ccc(NC(=O)Nc3cccc4ccccc34)cc2C(=O)N([C@@H](C)CO)C[C@@H]1C. The highest BCUT2D eigenvalue weighted by atomic mass is 16.5. The van der Waals surface area contributed by atoms with Crippen molar-refractivity contribution in [2.24, 2.45) is 5.92 Å². The maximum absolute atomic E-state index is 13.8. The molecule has 1 aliphatic rings. The molecule has 1 aliphatic heterocycles. The molecule has 0 spiro atoms. The van der Waals surface area contributed by atoms with E-state index >= 15 is 0 Å². The van der Waals surface area contributed by atoms with Gasteiger partial charge in [-0.05, 0) is 50.4 Å². The molecule has 4 aromatic rings. The average Bonchev–Trinajstić information content (AvgIpc) is 3.34. The molecule has 12 nitrogen and oxygen atoms in total. The molecule has 1 aromatic heterocycles. The topological polar surface area (TPSA) is 149 Å². The van der Waals surface area contributed by atoms with Gasteiger partial charge < -0.3 is 40.1 Å². The second kappa shape index (κ2) is 13.3. The van der Waals surface area contributed by atoms with Crippen LogP contribution in [-0.4, -0.2) is 76.9 Å². The van der Waals surface area contributed by atoms with E-state index < -0.39 is 18.2 Å². The Labute approximate surface area is 261 Å². The number of fused-ring (bicyclic) bond motifs is 2. The van der Waals surface area contributed by atoms with Crippen molar-refractivity contribution in [3.05, 3.63) is 77.7 Å². The number of aliphatic hydroxyl groups excluding tert-OH is 1. The third-order valence-electron chi connectivity index (χ3n) is 8.03. The van der Waals surface area contributed by atoms with Gasteiger partial charge in [0.1, 0.15) is 23.2 Å². The first-order valence-electron chi connectivity index (χ1n) is 14.8. The Balaban J connectivity index is 1.37. The number of carbonyl (C=O) groups excluding carboxylic acids is 3. The molecule has 3 atom stereocenters. The van der Waals surface area contributed by atoms with E-state index in [0.29, 0.717) is 34.3 Å². The minimum atomic E-state index is -0.501. The number of hydrogen-bond acceptors (Lipinski definition) is 7. The molecule has 4 N–H and O–H groups in total. The molecule has 0 aliphatic carbocycles. The molecule has 45 heavy (non-hydrogen) atoms. The predicted octanol–water partition coefficient (Wildman–Crippen LogP) is 5.47. The molecule has 0 radical (unpaired) electrons. The molecular weight excluding hydrogens is 576 g/mol. The molecule has 0 saturated heterocycles. The van der Waals surface area contributed by atoms with Gasteiger partial charge >= 0.3 is 12.1 Å². The summed E-state index contributed by atoms with van der Waals surface area (Å²) in [6.45, 7) is 7.43. The lowest BCUT2D eigenvalue weighted by Crippen LogP contribution is -2.50. The summed E-state index contributed by atoms with van der Waals surface area (Å²) in [6.07, 6.45) is -0.501. The normalized spacial score (nSPS) is 17.0. The number of nitrogens with zero attached hydrogens (tertiary/aromatic N) is 3. The Morgan fingerprint density at radius 2 is 1.84 bits per heavy atom. The Kier molecular flexibility index (Phi) is 9.24. The van der Waals surface area contributed by atoms with Gasteiger partial charge in [0.2, 0.25) is 0 Å². The van der Waals surface area contributed by atoms with Crippen LogP contribution in [0.4, 0.5) is 26.7 Å². The maximum atomic E-state index is 13.8. The Bertz CT molecular complexity index is 1700. The number of carbonyl (C=O) groups is 3. The van der Waals surface area contributed by atoms with Crippen LogP contribution in [0.1, 0.15) is 35.7 Å². The van der Waals surface area contributed by atoms with Crippen LogP contribution in [0.25, 0.3) is 10.8 Å². The highest BCUT2D eigenvalue weighted by Gasteiger charge is 2.34. The average molecular weight is 615 g/mol. The summed E-state index contributed by atoms with van der Waals surface area (Å²) in [5, 5.41) is 24.3. The maximum Gasteiger partial charge on any atom is 0.323 e. The first-order chi connectivity index (χ1) is 21.5. The van der Waals surface area contributed by atoms with Crippen LogP contribution in [-0.2, 0) is 0 Å². The number of aromatic nitrogens is 1. The van der Waals surface area contributed by atoms with Crippen LogP contribution >= 0.6 is 0 Å². The summed E-state index contributed by atoms with van der Waals surface area (Å²) in [5.74, 6) is 0.279. The number of anilines is 3. The van der Waals surface area contributed by atoms with E-state index in [0.717, 1.165) is 10.8 Å². The fourth-order valence-corrected chi connectivity index (χ4v) is 5.35. The van der Waals surface area contributed by atoms with Gasteiger partial charge in [0.15, 0.2) is 5.76 Å². The van der Waals surface area contributed by atoms with E-state index in [9.17, 15) is 19.5 Å². The van der Waals surface area contributed by atoms with E-state index in [-0.39, 0.29) is 43.1 Å². The molecule has 5 amide bonds. The lowest BCUT2D eigenvalue weighted by molar-refractivity contribution is 0.0371. The van der Waals surface area contributed by atoms with Gasteiger partial charge in [0.05, 0.1) is 30.4 Å². The number of ether oxygens (including phenoxy) is 1. The zero-order valence-electron chi connectivity index (χ0n) is 26.0. The summed E-state index contributed by atoms with van der Waals surface area (Å²) < 4.78 is 11.5. The highest BCUT2D eigenvalue weighted by Crippen LogP contribution is 2.31. The fourth-order valence-electron chi connectivity index (χ4n) is 5.35. The second-order valence-electron chi connectivity index (χ2n) is 11.4. The van der Waals surface area contributed by atoms with E-state index in [1.807, 2.05) is 49.4 Å². The van der Waals surface area contributed by atoms with E-state index in [4.69, 9.17) is 9.26 Å². The van der Waals surface area contributed by atoms with Crippen molar-refractivity contribution in [1.29, 1.82) is 0 Å². The van der Waals surface area contributed by atoms with E-state index in [1.165, 1.54) is 4.90 Å². The van der Waals surface area contributed by atoms with Gasteiger partial charge in [0, 0.05) is 30.6 Å². The number of urea groups is 2. The Morgan fingerprint density at radius 3 is 2.58 bits per heavy atom. The molecule has 3 aromatic carbocycles. The van der Waals surface area contributed by atoms with Crippen LogP contribution in [0.2, 0.25) is 0 Å². The number of aliphatic hydroxyl groups is 1. The lowest BCUT2D eigenvalue weighted by atomic mass is 9.99. The molecule has 0 saturated carbocycles. The molecular formula is C33H38N6O6. The van der Waals surface area contributed by atoms with E-state index in [2.05, 4.69) is 21.1 Å². The van der Waals surface area contributed by atoms with Crippen LogP contribution in [0.15, 0.2) is 65.2 Å². The Morgan fingerprint density at radius 1 is 1.09 bits per heavy atom. The Hall–Kier alpha value is -5.10. The predicted molar refractivity (Wildman–Crippen MR) is 172 cm³/mol. The third kappa shape index (κ3) is 6.86. The number of amides is 5. The van der Waals surface area contributed by atoms with Crippen molar-refractivity contribution < 1.29 is 28.8 Å². The quantitative estimate of drug-likeness (QED) is 0.216. The standard InChI is InChI=1S/C33H38N6O6/c1-19-16-39(20(2)18-40)31(41)26-15-24(34-32(42)35-27-12-8-10-23-9-6-7-11-25(23)27)13-14-28(26)44-29(19)17-38(5)33(43)36-30-21(3)37-45-22(30)4/h6-15,19-20,29,40H,16-18H2,1-5H3,(H,36,43)(H2,34,35,42)/t19-,20-,29+/m0/s1. The zero-order chi connectivity index (χ0) is 32.2. The second-order valence-corrected chi connectivity index (χ2v) is 11.4. The third-order valence-corrected chi connectivity index (χ3v) is 8.03. The first kappa shape index (κ1) is 31.3. The van der Waals surface area contributed by atoms with Gasteiger partial charge in [-0.15, -0.1) is 0 Å². The van der Waals surface area contributed by atoms with Crippen molar-refractivity contribution in [1.82, 2.24) is 15.0 Å². The van der Waals surface area contributed by atoms with Crippen molar-refractivity contribution >= 4 is 45.8 Å². The van der Waals surface area contributed by atoms with E-state index in [1.54, 1.807) is 50.9 Å². The molecule has 0 unspecified atom stereocenters. The summed E-state index contributed by atoms with van der Waals surface area (Å²) >= 11 is 0. The summed E-state index contributed by atoms with van der Waals surface area (Å²) in [6, 6.07) is 16.9. The summed E-state index contributed by atoms with van der Waals surface area (Å²) in [4.78, 5) is 43.0. The number of hydrogen-bond donors (Lipinski definition) is 4. The smallest absolute Gasteiger partial charge is 0.323 e. The number of nitrogens with one attached hydrogen (secondary N) is 3. The minimum absolute atomic E-state index is 0.199. The van der Waals surface area contributed by atoms with Crippen LogP contribution in [0, 0.1) is 19.8 Å². The molecule has 5 rings (SSSR count). The zero-order valence-corrected chi connectivity index (χ0v) is 26.0. The summed E-state index contributed by atoms with van der Waals surface area (Å²) in [7, 11) is 1.66. The summed E-state index contributed by atoms with van der Waals surface area (Å²) in [5.41, 5.74) is 2.36. The first-order valence-corrected chi connectivity index (χ1v) is 14.8. The van der Waals surface area contributed by atoms with Crippen molar-refractivity contribution in [3.8, 4) is 5.75 Å². The number of aryl methyl sites for hydroxylation is 2. The number of benzene rings is 3. The molecule has 2 heterocycles. The molecule has 12 heteroatoms. The van der Waals surface area contributed by atoms with Gasteiger partial charge in [-0.2, -0.15) is 0 Å². The van der Waals surface area contributed by atoms with Gasteiger partial charge in [0.25, 0.3) is 5.91 Å². The number of likely N-dealkylation sites (N-methyl/N-ethyl adjacent to an activating group) is 1. The van der Waals surface area contributed by atoms with Crippen molar-refractivity contribution in [2.45, 2.75) is 39.8 Å². The van der Waals surface area contributed by atoms with Crippen molar-refractivity contribution in [3.63, 3.8) is 0 Å². The van der Waals surface area contributed by atoms with Crippen LogP contribution in [0.5, 0.6) is 5.75 Å². The minimum Gasteiger partial charge on any atom is -0.487 e. The van der Waals surface area contributed by atoms with Crippen molar-refractivity contribution in [2.75, 3.05) is 42.7 Å². The largest absolute Gasteiger partial charge is 0.487 e. The molecule has 236 valence electrons. The van der Waals surface area contributed by atoms with Gasteiger partial charge in [-0.3, -0.25) is 4.79 Å². The molecule has 0 fully saturated rings. The van der Waals surface area contributed by atoms with Gasteiger partial charge in [-0.25, -0.2) is 9.59 Å². The monoisotopic (exact) mass is 614 g/mol. The van der Waals surface area contributed by atoms with Gasteiger partial charge in [-0.1, -0.05) is 48.5 Å².